The molecule has 0 aromatic heterocycles. The quantitative estimate of drug-likeness (QED) is 0.134. The third-order valence-electron chi connectivity index (χ3n) is 13.0. The van der Waals surface area contributed by atoms with Gasteiger partial charge in [0, 0.05) is 0 Å². The minimum absolute atomic E-state index is 0.0532. The number of fused-ring (bicyclic) bond motifs is 2. The van der Waals surface area contributed by atoms with E-state index in [9.17, 15) is 0 Å². The highest BCUT2D eigenvalue weighted by molar-refractivity contribution is 7.81. The van der Waals surface area contributed by atoms with Crippen molar-refractivity contribution in [2.75, 3.05) is 14.2 Å². The van der Waals surface area contributed by atoms with Crippen LogP contribution in [0.4, 0.5) is 0 Å². The van der Waals surface area contributed by atoms with Crippen LogP contribution < -0.4 is 41.3 Å². The van der Waals surface area contributed by atoms with Crippen molar-refractivity contribution in [1.29, 1.82) is 0 Å². The number of ether oxygens (including phenoxy) is 2. The molecule has 0 aliphatic carbocycles. The average molecular weight is 907 g/mol. The summed E-state index contributed by atoms with van der Waals surface area (Å²) in [6.45, 7) is 28.4. The topological polar surface area (TPSA) is 18.5 Å². The van der Waals surface area contributed by atoms with Gasteiger partial charge in [-0.25, -0.2) is 0 Å². The number of hydrogen-bond acceptors (Lipinski definition) is 2. The fraction of sp³-hybridized carbons (Fsp3) is 0.290. The summed E-state index contributed by atoms with van der Waals surface area (Å²) in [5, 5.41) is 13.0. The molecule has 66 heavy (non-hydrogen) atoms. The SMILES string of the molecule is COc1ccc(P(c2ccc(OC)cc2)c2ccc3ccccc3c2-c2c(P(c3cc(C(C)(C)C)cc(C(C)(C)C)c3)c3cc(C(C)(C)C)cc(C(C)(C)C)c3)ccc3ccccc23)cc1. The molecule has 2 nitrogen and oxygen atoms in total. The zero-order valence-corrected chi connectivity index (χ0v) is 43.5. The Hall–Kier alpha value is -5.26. The van der Waals surface area contributed by atoms with E-state index in [1.165, 1.54) is 86.8 Å². The molecule has 0 saturated heterocycles. The Bertz CT molecular complexity index is 2840. The molecule has 0 bridgehead atoms. The van der Waals surface area contributed by atoms with E-state index in [1.54, 1.807) is 14.2 Å². The molecule has 0 aliphatic heterocycles. The first-order valence-corrected chi connectivity index (χ1v) is 26.1. The van der Waals surface area contributed by atoms with Gasteiger partial charge >= 0.3 is 0 Å². The zero-order valence-electron chi connectivity index (χ0n) is 41.7. The summed E-state index contributed by atoms with van der Waals surface area (Å²) in [4.78, 5) is 0. The Kier molecular flexibility index (Phi) is 12.9. The van der Waals surface area contributed by atoms with Gasteiger partial charge in [0.2, 0.25) is 0 Å². The van der Waals surface area contributed by atoms with Crippen molar-refractivity contribution in [3.05, 3.63) is 180 Å². The lowest BCUT2D eigenvalue weighted by Gasteiger charge is -2.33. The number of methoxy groups -OCH3 is 2. The molecule has 0 atom stereocenters. The van der Waals surface area contributed by atoms with Crippen LogP contribution in [0, 0.1) is 0 Å². The Balaban J connectivity index is 1.58. The molecule has 0 aliphatic rings. The minimum atomic E-state index is -1.15. The lowest BCUT2D eigenvalue weighted by atomic mass is 9.81. The maximum absolute atomic E-state index is 5.73. The Morgan fingerprint density at radius 3 is 0.924 bits per heavy atom. The van der Waals surface area contributed by atoms with Gasteiger partial charge in [0.25, 0.3) is 0 Å². The highest BCUT2D eigenvalue weighted by atomic mass is 31.1. The summed E-state index contributed by atoms with van der Waals surface area (Å²) in [6.07, 6.45) is 0. The maximum atomic E-state index is 5.73. The summed E-state index contributed by atoms with van der Waals surface area (Å²) in [6, 6.07) is 60.5. The van der Waals surface area contributed by atoms with Crippen molar-refractivity contribution in [3.63, 3.8) is 0 Å². The molecular weight excluding hydrogens is 839 g/mol. The van der Waals surface area contributed by atoms with Crippen molar-refractivity contribution in [2.45, 2.75) is 105 Å². The molecule has 8 aromatic carbocycles. The Labute approximate surface area is 398 Å². The van der Waals surface area contributed by atoms with Gasteiger partial charge in [-0.1, -0.05) is 217 Å². The fourth-order valence-electron chi connectivity index (χ4n) is 8.95. The summed E-state index contributed by atoms with van der Waals surface area (Å²) >= 11 is 0. The lowest BCUT2D eigenvalue weighted by molar-refractivity contribution is 0.415. The molecule has 8 aromatic rings. The van der Waals surface area contributed by atoms with Crippen molar-refractivity contribution < 1.29 is 9.47 Å². The van der Waals surface area contributed by atoms with Gasteiger partial charge < -0.3 is 9.47 Å². The maximum Gasteiger partial charge on any atom is 0.118 e. The van der Waals surface area contributed by atoms with Gasteiger partial charge in [-0.15, -0.1) is 0 Å². The van der Waals surface area contributed by atoms with Gasteiger partial charge in [-0.3, -0.25) is 0 Å². The van der Waals surface area contributed by atoms with E-state index in [-0.39, 0.29) is 21.7 Å². The lowest BCUT2D eigenvalue weighted by Crippen LogP contribution is -2.29. The molecule has 0 unspecified atom stereocenters. The van der Waals surface area contributed by atoms with E-state index < -0.39 is 15.8 Å². The van der Waals surface area contributed by atoms with Gasteiger partial charge in [-0.2, -0.15) is 0 Å². The van der Waals surface area contributed by atoms with Crippen molar-refractivity contribution in [2.24, 2.45) is 0 Å². The molecule has 4 heteroatoms. The molecule has 0 radical (unpaired) electrons. The predicted molar refractivity (Wildman–Crippen MR) is 292 cm³/mol. The molecular formula is C62H68O2P2. The van der Waals surface area contributed by atoms with Crippen LogP contribution in [0.1, 0.15) is 105 Å². The first-order valence-electron chi connectivity index (χ1n) is 23.4. The monoisotopic (exact) mass is 906 g/mol. The van der Waals surface area contributed by atoms with Crippen LogP contribution in [0.5, 0.6) is 11.5 Å². The van der Waals surface area contributed by atoms with Gasteiger partial charge in [0.05, 0.1) is 14.2 Å². The molecule has 0 heterocycles. The number of benzene rings is 8. The van der Waals surface area contributed by atoms with Crippen LogP contribution >= 0.6 is 15.8 Å². The second-order valence-corrected chi connectivity index (χ2v) is 26.3. The summed E-state index contributed by atoms with van der Waals surface area (Å²) in [7, 11) is 1.25. The average Bonchev–Trinajstić information content (AvgIpc) is 3.28. The Morgan fingerprint density at radius 2 is 0.621 bits per heavy atom. The summed E-state index contributed by atoms with van der Waals surface area (Å²) in [5.74, 6) is 1.70. The second kappa shape index (κ2) is 18.1. The van der Waals surface area contributed by atoms with Crippen molar-refractivity contribution in [1.82, 2.24) is 0 Å². The van der Waals surface area contributed by atoms with Gasteiger partial charge in [0.1, 0.15) is 11.5 Å². The van der Waals surface area contributed by atoms with Crippen LogP contribution in [-0.4, -0.2) is 14.2 Å². The molecule has 0 saturated carbocycles. The predicted octanol–water partition coefficient (Wildman–Crippen LogP) is 14.4. The summed E-state index contributed by atoms with van der Waals surface area (Å²) < 4.78 is 11.5. The van der Waals surface area contributed by atoms with E-state index in [0.29, 0.717) is 0 Å². The normalized spacial score (nSPS) is 12.7. The third-order valence-corrected chi connectivity index (χ3v) is 17.9. The number of hydrogen-bond donors (Lipinski definition) is 0. The van der Waals surface area contributed by atoms with Crippen molar-refractivity contribution >= 4 is 69.2 Å². The smallest absolute Gasteiger partial charge is 0.118 e. The summed E-state index contributed by atoms with van der Waals surface area (Å²) in [5.41, 5.74) is 7.89. The first-order chi connectivity index (χ1) is 31.1. The van der Waals surface area contributed by atoms with Crippen LogP contribution in [0.3, 0.4) is 0 Å². The third kappa shape index (κ3) is 9.61. The van der Waals surface area contributed by atoms with Crippen LogP contribution in [-0.2, 0) is 21.7 Å². The number of rotatable bonds is 9. The van der Waals surface area contributed by atoms with E-state index >= 15 is 0 Å². The van der Waals surface area contributed by atoms with E-state index in [4.69, 9.17) is 9.47 Å². The second-order valence-electron chi connectivity index (χ2n) is 22.0. The van der Waals surface area contributed by atoms with Crippen LogP contribution in [0.2, 0.25) is 0 Å². The van der Waals surface area contributed by atoms with Gasteiger partial charge in [0.15, 0.2) is 0 Å². The highest BCUT2D eigenvalue weighted by Gasteiger charge is 2.32. The molecule has 0 fully saturated rings. The van der Waals surface area contributed by atoms with Crippen molar-refractivity contribution in [3.8, 4) is 22.6 Å². The largest absolute Gasteiger partial charge is 0.497 e. The van der Waals surface area contributed by atoms with E-state index in [1.807, 2.05) is 0 Å². The first kappa shape index (κ1) is 47.2. The van der Waals surface area contributed by atoms with Crippen LogP contribution in [0.15, 0.2) is 158 Å². The van der Waals surface area contributed by atoms with E-state index in [0.717, 1.165) is 11.5 Å². The van der Waals surface area contributed by atoms with E-state index in [2.05, 4.69) is 241 Å². The fourth-order valence-corrected chi connectivity index (χ4v) is 14.0. The molecule has 338 valence electrons. The highest BCUT2D eigenvalue weighted by Crippen LogP contribution is 2.48. The molecule has 8 rings (SSSR count). The Morgan fingerprint density at radius 1 is 0.318 bits per heavy atom. The van der Waals surface area contributed by atoms with Crippen LogP contribution in [0.25, 0.3) is 32.7 Å². The minimum Gasteiger partial charge on any atom is -0.497 e. The zero-order chi connectivity index (χ0) is 47.3. The molecule has 0 amide bonds. The standard InChI is InChI=1S/C62H68O2P2/c1-59(2,3)43-35-44(60(4,5)6)38-51(37-43)66(52-39-45(61(7,8)9)36-46(40-52)62(10,11)12)56-34-24-42-20-16-18-22-54(42)58(56)57-53-21-17-15-19-41(53)23-33-55(57)65(49-29-25-47(63-13)26-30-49)50-31-27-48(64-14)28-32-50/h15-40H,1-14H3. The van der Waals surface area contributed by atoms with Gasteiger partial charge in [-0.05, 0) is 149 Å². The molecule has 0 spiro atoms. The molecule has 0 N–H and O–H groups in total.